The number of carbonyl (C=O) groups excluding carboxylic acids is 1. The first kappa shape index (κ1) is 24.3. The van der Waals surface area contributed by atoms with Gasteiger partial charge >= 0.3 is 0 Å². The van der Waals surface area contributed by atoms with Crippen LogP contribution in [0.2, 0.25) is 0 Å². The van der Waals surface area contributed by atoms with Gasteiger partial charge in [-0.1, -0.05) is 0 Å². The van der Waals surface area contributed by atoms with Crippen molar-refractivity contribution in [2.24, 2.45) is 17.2 Å². The van der Waals surface area contributed by atoms with Gasteiger partial charge in [0.2, 0.25) is 5.91 Å². The lowest BCUT2D eigenvalue weighted by Gasteiger charge is -2.46. The van der Waals surface area contributed by atoms with Gasteiger partial charge in [0.05, 0.1) is 18.7 Å². The molecule has 1 saturated heterocycles. The molecule has 1 saturated carbocycles. The van der Waals surface area contributed by atoms with Crippen molar-refractivity contribution in [3.8, 4) is 0 Å². The summed E-state index contributed by atoms with van der Waals surface area (Å²) in [5.74, 6) is -0.751. The van der Waals surface area contributed by atoms with Gasteiger partial charge in [-0.15, -0.1) is 0 Å². The van der Waals surface area contributed by atoms with Crippen LogP contribution >= 0.6 is 0 Å². The average Bonchev–Trinajstić information content (AvgIpc) is 2.69. The smallest absolute Gasteiger partial charge is 0.249 e. The van der Waals surface area contributed by atoms with Crippen molar-refractivity contribution < 1.29 is 44.9 Å². The van der Waals surface area contributed by atoms with Crippen LogP contribution in [0.3, 0.4) is 0 Å². The SMILES string of the molecule is NCCC(O)C(=O)NC1CC(N)C(OC2OC(CO)C(O)C(O)C2N)C(O)C1O. The molecule has 170 valence electrons. The first-order valence-electron chi connectivity index (χ1n) is 9.46. The number of nitrogens with one attached hydrogen (secondary N) is 1. The Bertz CT molecular complexity index is 543. The summed E-state index contributed by atoms with van der Waals surface area (Å²) in [6.45, 7) is -0.511. The molecule has 0 aromatic carbocycles. The molecule has 2 aliphatic rings. The molecular formula is C16H32N4O9. The zero-order valence-electron chi connectivity index (χ0n) is 15.8. The molecule has 11 unspecified atom stereocenters. The van der Waals surface area contributed by atoms with Gasteiger partial charge in [0.25, 0.3) is 0 Å². The quantitative estimate of drug-likeness (QED) is 0.183. The third kappa shape index (κ3) is 5.39. The van der Waals surface area contributed by atoms with Crippen LogP contribution < -0.4 is 22.5 Å². The largest absolute Gasteiger partial charge is 0.394 e. The van der Waals surface area contributed by atoms with E-state index in [1.165, 1.54) is 0 Å². The maximum Gasteiger partial charge on any atom is 0.249 e. The fourth-order valence-corrected chi connectivity index (χ4v) is 3.53. The topological polar surface area (TPSA) is 247 Å². The maximum absolute atomic E-state index is 11.9. The number of amides is 1. The summed E-state index contributed by atoms with van der Waals surface area (Å²) in [4.78, 5) is 11.9. The van der Waals surface area contributed by atoms with Crippen LogP contribution in [-0.2, 0) is 14.3 Å². The zero-order chi connectivity index (χ0) is 21.9. The van der Waals surface area contributed by atoms with Crippen LogP contribution in [0, 0.1) is 0 Å². The fraction of sp³-hybridized carbons (Fsp3) is 0.938. The van der Waals surface area contributed by atoms with E-state index >= 15 is 0 Å². The van der Waals surface area contributed by atoms with Crippen LogP contribution in [0.25, 0.3) is 0 Å². The van der Waals surface area contributed by atoms with Gasteiger partial charge in [0.1, 0.15) is 42.7 Å². The number of aliphatic hydroxyl groups is 6. The van der Waals surface area contributed by atoms with Crippen molar-refractivity contribution >= 4 is 5.91 Å². The van der Waals surface area contributed by atoms with Crippen LogP contribution in [0.4, 0.5) is 0 Å². The van der Waals surface area contributed by atoms with Gasteiger partial charge in [-0.2, -0.15) is 0 Å². The molecule has 2 fully saturated rings. The van der Waals surface area contributed by atoms with Crippen molar-refractivity contribution in [1.82, 2.24) is 5.32 Å². The second kappa shape index (κ2) is 10.4. The molecule has 0 aromatic rings. The Morgan fingerprint density at radius 3 is 2.38 bits per heavy atom. The number of ether oxygens (including phenoxy) is 2. The molecule has 1 aliphatic carbocycles. The normalized spacial score (nSPS) is 44.3. The number of rotatable bonds is 7. The van der Waals surface area contributed by atoms with Crippen molar-refractivity contribution in [3.05, 3.63) is 0 Å². The van der Waals surface area contributed by atoms with E-state index in [0.717, 1.165) is 0 Å². The second-order valence-corrected chi connectivity index (χ2v) is 7.47. The highest BCUT2D eigenvalue weighted by atomic mass is 16.7. The van der Waals surface area contributed by atoms with Gasteiger partial charge in [0, 0.05) is 6.04 Å². The number of carbonyl (C=O) groups is 1. The molecule has 1 aliphatic heterocycles. The predicted octanol–water partition coefficient (Wildman–Crippen LogP) is -6.21. The molecule has 0 radical (unpaired) electrons. The first-order valence-corrected chi connectivity index (χ1v) is 9.46. The monoisotopic (exact) mass is 424 g/mol. The lowest BCUT2D eigenvalue weighted by atomic mass is 9.84. The lowest BCUT2D eigenvalue weighted by Crippen LogP contribution is -2.68. The van der Waals surface area contributed by atoms with E-state index < -0.39 is 79.7 Å². The van der Waals surface area contributed by atoms with Crippen LogP contribution in [0.15, 0.2) is 0 Å². The Kier molecular flexibility index (Phi) is 8.69. The number of hydrogen-bond acceptors (Lipinski definition) is 12. The molecule has 13 heteroatoms. The van der Waals surface area contributed by atoms with Crippen LogP contribution in [-0.4, -0.2) is 117 Å². The van der Waals surface area contributed by atoms with Gasteiger partial charge in [-0.25, -0.2) is 0 Å². The van der Waals surface area contributed by atoms with Crippen molar-refractivity contribution in [1.29, 1.82) is 0 Å². The number of nitrogens with two attached hydrogens (primary N) is 3. The summed E-state index contributed by atoms with van der Waals surface area (Å²) < 4.78 is 10.9. The van der Waals surface area contributed by atoms with E-state index in [9.17, 15) is 35.4 Å². The predicted molar refractivity (Wildman–Crippen MR) is 96.8 cm³/mol. The van der Waals surface area contributed by atoms with Crippen LogP contribution in [0.5, 0.6) is 0 Å². The Morgan fingerprint density at radius 1 is 1.14 bits per heavy atom. The first-order chi connectivity index (χ1) is 13.6. The van der Waals surface area contributed by atoms with Crippen LogP contribution in [0.1, 0.15) is 12.8 Å². The molecule has 1 heterocycles. The van der Waals surface area contributed by atoms with E-state index in [-0.39, 0.29) is 19.4 Å². The Labute approximate surface area is 167 Å². The molecule has 2 rings (SSSR count). The minimum absolute atomic E-state index is 0.000539. The Morgan fingerprint density at radius 2 is 1.79 bits per heavy atom. The van der Waals surface area contributed by atoms with E-state index in [0.29, 0.717) is 0 Å². The lowest BCUT2D eigenvalue weighted by molar-refractivity contribution is -0.294. The molecular weight excluding hydrogens is 392 g/mol. The maximum atomic E-state index is 11.9. The van der Waals surface area contributed by atoms with E-state index in [2.05, 4.69) is 5.32 Å². The fourth-order valence-electron chi connectivity index (χ4n) is 3.53. The third-order valence-corrected chi connectivity index (χ3v) is 5.34. The zero-order valence-corrected chi connectivity index (χ0v) is 15.8. The minimum Gasteiger partial charge on any atom is -0.394 e. The van der Waals surface area contributed by atoms with E-state index in [4.69, 9.17) is 26.7 Å². The van der Waals surface area contributed by atoms with Crippen molar-refractivity contribution in [2.75, 3.05) is 13.2 Å². The average molecular weight is 424 g/mol. The van der Waals surface area contributed by atoms with E-state index in [1.54, 1.807) is 0 Å². The van der Waals surface area contributed by atoms with Gasteiger partial charge in [0.15, 0.2) is 6.29 Å². The summed E-state index contributed by atoms with van der Waals surface area (Å²) in [6.07, 6.45) is -10.9. The molecule has 29 heavy (non-hydrogen) atoms. The third-order valence-electron chi connectivity index (χ3n) is 5.34. The van der Waals surface area contributed by atoms with Crippen molar-refractivity contribution in [2.45, 2.75) is 80.0 Å². The second-order valence-electron chi connectivity index (χ2n) is 7.47. The van der Waals surface area contributed by atoms with Gasteiger partial charge in [-0.3, -0.25) is 4.79 Å². The van der Waals surface area contributed by atoms with Crippen molar-refractivity contribution in [3.63, 3.8) is 0 Å². The highest BCUT2D eigenvalue weighted by molar-refractivity contribution is 5.80. The summed E-state index contributed by atoms with van der Waals surface area (Å²) in [6, 6.07) is -3.02. The molecule has 13 nitrogen and oxygen atoms in total. The molecule has 13 N–H and O–H groups in total. The molecule has 0 spiro atoms. The minimum atomic E-state index is -1.55. The summed E-state index contributed by atoms with van der Waals surface area (Å²) in [5, 5.41) is 62.0. The van der Waals surface area contributed by atoms with E-state index in [1.807, 2.05) is 0 Å². The Hall–Kier alpha value is -0.970. The number of aliphatic hydroxyl groups excluding tert-OH is 6. The summed E-state index contributed by atoms with van der Waals surface area (Å²) >= 11 is 0. The van der Waals surface area contributed by atoms with Gasteiger partial charge in [-0.05, 0) is 19.4 Å². The Balaban J connectivity index is 2.02. The molecule has 0 aromatic heterocycles. The molecule has 0 bridgehead atoms. The number of hydrogen-bond donors (Lipinski definition) is 10. The highest BCUT2D eigenvalue weighted by Gasteiger charge is 2.48. The summed E-state index contributed by atoms with van der Waals surface area (Å²) in [5.41, 5.74) is 17.1. The standard InChI is InChI=1S/C16H32N4O9/c17-2-1-7(22)15(27)20-6-3-5(18)14(13(26)10(6)23)29-16-9(19)12(25)11(24)8(4-21)28-16/h5-14,16,21-26H,1-4,17-19H2,(H,20,27). The summed E-state index contributed by atoms with van der Waals surface area (Å²) in [7, 11) is 0. The van der Waals surface area contributed by atoms with Gasteiger partial charge < -0.3 is 62.6 Å². The molecule has 1 amide bonds. The highest BCUT2D eigenvalue weighted by Crippen LogP contribution is 2.27. The molecule has 11 atom stereocenters.